The van der Waals surface area contributed by atoms with Gasteiger partial charge in [0.2, 0.25) is 5.91 Å². The number of rotatable bonds is 3. The molecule has 92 valence electrons. The first-order chi connectivity index (χ1) is 7.72. The highest BCUT2D eigenvalue weighted by molar-refractivity contribution is 5.77. The van der Waals surface area contributed by atoms with Gasteiger partial charge in [-0.2, -0.15) is 0 Å². The van der Waals surface area contributed by atoms with Crippen LogP contribution in [0.3, 0.4) is 0 Å². The summed E-state index contributed by atoms with van der Waals surface area (Å²) < 4.78 is 0. The van der Waals surface area contributed by atoms with E-state index in [1.165, 1.54) is 32.1 Å². The molecule has 2 fully saturated rings. The maximum absolute atomic E-state index is 12.2. The fraction of sp³-hybridized carbons (Fsp3) is 0.929. The van der Waals surface area contributed by atoms with Crippen LogP contribution in [0.1, 0.15) is 58.8 Å². The zero-order chi connectivity index (χ0) is 11.5. The minimum atomic E-state index is 0.433. The molecule has 2 rings (SSSR count). The van der Waals surface area contributed by atoms with Crippen molar-refractivity contribution in [1.29, 1.82) is 0 Å². The molecule has 0 aromatic rings. The van der Waals surface area contributed by atoms with E-state index in [0.717, 1.165) is 19.4 Å². The number of hydrogen-bond acceptors (Lipinski definition) is 1. The first kappa shape index (κ1) is 11.9. The number of carbonyl (C=O) groups excluding carboxylic acids is 1. The Labute approximate surface area is 99.4 Å². The Bertz CT molecular complexity index is 245. The van der Waals surface area contributed by atoms with Gasteiger partial charge in [-0.25, -0.2) is 0 Å². The largest absolute Gasteiger partial charge is 0.339 e. The van der Waals surface area contributed by atoms with Crippen LogP contribution >= 0.6 is 0 Å². The molecule has 0 N–H and O–H groups in total. The Balaban J connectivity index is 1.88. The van der Waals surface area contributed by atoms with Crippen LogP contribution in [0, 0.1) is 11.8 Å². The SMILES string of the molecule is CC[C@H]1[C@@H](C)CCN1C(=O)CC1CCCC1. The predicted molar refractivity (Wildman–Crippen MR) is 66.1 cm³/mol. The van der Waals surface area contributed by atoms with E-state index >= 15 is 0 Å². The molecule has 1 saturated carbocycles. The lowest BCUT2D eigenvalue weighted by Gasteiger charge is -2.27. The monoisotopic (exact) mass is 223 g/mol. The second-order valence-corrected chi connectivity index (χ2v) is 5.68. The lowest BCUT2D eigenvalue weighted by atomic mass is 9.99. The number of likely N-dealkylation sites (tertiary alicyclic amines) is 1. The number of carbonyl (C=O) groups is 1. The smallest absolute Gasteiger partial charge is 0.223 e. The van der Waals surface area contributed by atoms with Crippen LogP contribution in [0.25, 0.3) is 0 Å². The maximum atomic E-state index is 12.2. The van der Waals surface area contributed by atoms with Gasteiger partial charge in [-0.05, 0) is 37.5 Å². The van der Waals surface area contributed by atoms with Crippen molar-refractivity contribution in [2.45, 2.75) is 64.8 Å². The van der Waals surface area contributed by atoms with E-state index in [1.807, 2.05) is 0 Å². The first-order valence-corrected chi connectivity index (χ1v) is 7.01. The summed E-state index contributed by atoms with van der Waals surface area (Å²) in [5.41, 5.74) is 0. The summed E-state index contributed by atoms with van der Waals surface area (Å²) in [6.45, 7) is 5.50. The molecular formula is C14H25NO. The van der Waals surface area contributed by atoms with Gasteiger partial charge in [0.15, 0.2) is 0 Å². The van der Waals surface area contributed by atoms with Gasteiger partial charge < -0.3 is 4.90 Å². The topological polar surface area (TPSA) is 20.3 Å². The van der Waals surface area contributed by atoms with E-state index in [9.17, 15) is 4.79 Å². The minimum Gasteiger partial charge on any atom is -0.339 e. The van der Waals surface area contributed by atoms with E-state index in [4.69, 9.17) is 0 Å². The minimum absolute atomic E-state index is 0.433. The third-order valence-electron chi connectivity index (χ3n) is 4.56. The first-order valence-electron chi connectivity index (χ1n) is 7.01. The Hall–Kier alpha value is -0.530. The van der Waals surface area contributed by atoms with Crippen molar-refractivity contribution in [3.8, 4) is 0 Å². The lowest BCUT2D eigenvalue weighted by Crippen LogP contribution is -2.37. The van der Waals surface area contributed by atoms with E-state index < -0.39 is 0 Å². The van der Waals surface area contributed by atoms with Crippen LogP contribution in [-0.4, -0.2) is 23.4 Å². The van der Waals surface area contributed by atoms with Crippen molar-refractivity contribution < 1.29 is 4.79 Å². The molecule has 1 saturated heterocycles. The highest BCUT2D eigenvalue weighted by Crippen LogP contribution is 2.31. The number of nitrogens with zero attached hydrogens (tertiary/aromatic N) is 1. The molecule has 0 aromatic carbocycles. The van der Waals surface area contributed by atoms with Gasteiger partial charge in [0.05, 0.1) is 0 Å². The average molecular weight is 223 g/mol. The average Bonchev–Trinajstić information content (AvgIpc) is 2.87. The molecule has 0 spiro atoms. The summed E-state index contributed by atoms with van der Waals surface area (Å²) in [4.78, 5) is 14.4. The quantitative estimate of drug-likeness (QED) is 0.719. The third-order valence-corrected chi connectivity index (χ3v) is 4.56. The van der Waals surface area contributed by atoms with Gasteiger partial charge in [-0.3, -0.25) is 4.79 Å². The van der Waals surface area contributed by atoms with Crippen molar-refractivity contribution in [2.75, 3.05) is 6.54 Å². The molecule has 0 aromatic heterocycles. The summed E-state index contributed by atoms with van der Waals surface area (Å²) in [6, 6.07) is 0.522. The van der Waals surface area contributed by atoms with Crippen molar-refractivity contribution in [3.63, 3.8) is 0 Å². The van der Waals surface area contributed by atoms with Crippen molar-refractivity contribution in [1.82, 2.24) is 4.90 Å². The number of hydrogen-bond donors (Lipinski definition) is 0. The summed E-state index contributed by atoms with van der Waals surface area (Å²) in [7, 11) is 0. The van der Waals surface area contributed by atoms with Gasteiger partial charge in [-0.1, -0.05) is 26.7 Å². The van der Waals surface area contributed by atoms with Crippen LogP contribution < -0.4 is 0 Å². The van der Waals surface area contributed by atoms with Crippen LogP contribution in [0.4, 0.5) is 0 Å². The number of amides is 1. The zero-order valence-electron chi connectivity index (χ0n) is 10.7. The molecule has 1 heterocycles. The molecule has 0 unspecified atom stereocenters. The Kier molecular flexibility index (Phi) is 3.88. The van der Waals surface area contributed by atoms with Crippen LogP contribution in [0.2, 0.25) is 0 Å². The van der Waals surface area contributed by atoms with E-state index in [0.29, 0.717) is 23.8 Å². The van der Waals surface area contributed by atoms with Crippen molar-refractivity contribution in [2.24, 2.45) is 11.8 Å². The van der Waals surface area contributed by atoms with Gasteiger partial charge in [0, 0.05) is 19.0 Å². The molecule has 2 aliphatic rings. The van der Waals surface area contributed by atoms with Gasteiger partial charge in [0.25, 0.3) is 0 Å². The molecular weight excluding hydrogens is 198 g/mol. The molecule has 2 nitrogen and oxygen atoms in total. The molecule has 0 radical (unpaired) electrons. The highest BCUT2D eigenvalue weighted by atomic mass is 16.2. The molecule has 1 aliphatic carbocycles. The third kappa shape index (κ3) is 2.41. The summed E-state index contributed by atoms with van der Waals surface area (Å²) in [5, 5.41) is 0. The summed E-state index contributed by atoms with van der Waals surface area (Å²) in [6.07, 6.45) is 8.39. The zero-order valence-corrected chi connectivity index (χ0v) is 10.7. The van der Waals surface area contributed by atoms with E-state index in [2.05, 4.69) is 18.7 Å². The van der Waals surface area contributed by atoms with Crippen molar-refractivity contribution >= 4 is 5.91 Å². The summed E-state index contributed by atoms with van der Waals surface area (Å²) in [5.74, 6) is 1.83. The molecule has 2 heteroatoms. The van der Waals surface area contributed by atoms with Gasteiger partial charge in [-0.15, -0.1) is 0 Å². The van der Waals surface area contributed by atoms with Gasteiger partial charge >= 0.3 is 0 Å². The molecule has 2 atom stereocenters. The van der Waals surface area contributed by atoms with E-state index in [-0.39, 0.29) is 0 Å². The van der Waals surface area contributed by atoms with E-state index in [1.54, 1.807) is 0 Å². The van der Waals surface area contributed by atoms with Gasteiger partial charge in [0.1, 0.15) is 0 Å². The Morgan fingerprint density at radius 2 is 1.94 bits per heavy atom. The predicted octanol–water partition coefficient (Wildman–Crippen LogP) is 3.21. The Morgan fingerprint density at radius 3 is 2.56 bits per heavy atom. The van der Waals surface area contributed by atoms with Crippen molar-refractivity contribution in [3.05, 3.63) is 0 Å². The van der Waals surface area contributed by atoms with Crippen LogP contribution in [0.5, 0.6) is 0 Å². The normalized spacial score (nSPS) is 31.2. The van der Waals surface area contributed by atoms with Crippen LogP contribution in [-0.2, 0) is 4.79 Å². The second-order valence-electron chi connectivity index (χ2n) is 5.68. The fourth-order valence-corrected chi connectivity index (χ4v) is 3.52. The van der Waals surface area contributed by atoms with Crippen LogP contribution in [0.15, 0.2) is 0 Å². The summed E-state index contributed by atoms with van der Waals surface area (Å²) >= 11 is 0. The Morgan fingerprint density at radius 1 is 1.25 bits per heavy atom. The molecule has 0 bridgehead atoms. The lowest BCUT2D eigenvalue weighted by molar-refractivity contribution is -0.133. The standard InChI is InChI=1S/C14H25NO/c1-3-13-11(2)8-9-15(13)14(16)10-12-6-4-5-7-12/h11-13H,3-10H2,1-2H3/t11-,13-/m0/s1. The fourth-order valence-electron chi connectivity index (χ4n) is 3.52. The second kappa shape index (κ2) is 5.20. The molecule has 1 aliphatic heterocycles. The highest BCUT2D eigenvalue weighted by Gasteiger charge is 2.33. The molecule has 16 heavy (non-hydrogen) atoms. The molecule has 1 amide bonds. The maximum Gasteiger partial charge on any atom is 0.223 e.